The maximum atomic E-state index is 11.5. The number of carbonyl (C=O) groups excluding carboxylic acids is 1. The first kappa shape index (κ1) is 10.5. The van der Waals surface area contributed by atoms with Crippen LogP contribution >= 0.6 is 0 Å². The second kappa shape index (κ2) is 5.16. The van der Waals surface area contributed by atoms with Crippen molar-refractivity contribution in [2.24, 2.45) is 0 Å². The molecule has 2 N–H and O–H groups in total. The number of H-pyrrole nitrogens is 1. The summed E-state index contributed by atoms with van der Waals surface area (Å²) in [5.74, 6) is 0.839. The highest BCUT2D eigenvalue weighted by Crippen LogP contribution is 1.99. The monoisotopic (exact) mass is 219 g/mol. The highest BCUT2D eigenvalue weighted by molar-refractivity contribution is 5.93. The minimum Gasteiger partial charge on any atom is -0.472 e. The molecule has 16 heavy (non-hydrogen) atoms. The number of aromatic amines is 1. The van der Waals surface area contributed by atoms with Crippen LogP contribution in [0.2, 0.25) is 0 Å². The van der Waals surface area contributed by atoms with Gasteiger partial charge in [-0.1, -0.05) is 0 Å². The Labute approximate surface area is 92.9 Å². The van der Waals surface area contributed by atoms with Crippen LogP contribution in [-0.2, 0) is 6.42 Å². The van der Waals surface area contributed by atoms with Gasteiger partial charge in [-0.05, 0) is 12.5 Å². The molecule has 0 aromatic carbocycles. The van der Waals surface area contributed by atoms with E-state index in [0.29, 0.717) is 12.1 Å². The van der Waals surface area contributed by atoms with Crippen LogP contribution in [-0.4, -0.2) is 22.4 Å². The van der Waals surface area contributed by atoms with E-state index in [9.17, 15) is 4.79 Å². The van der Waals surface area contributed by atoms with Crippen LogP contribution in [0.1, 0.15) is 22.6 Å². The molecule has 2 aromatic heterocycles. The van der Waals surface area contributed by atoms with Gasteiger partial charge in [-0.15, -0.1) is 0 Å². The van der Waals surface area contributed by atoms with Gasteiger partial charge in [0, 0.05) is 25.4 Å². The number of hydrogen-bond donors (Lipinski definition) is 2. The number of aryl methyl sites for hydroxylation is 1. The summed E-state index contributed by atoms with van der Waals surface area (Å²) in [5.41, 5.74) is 0.554. The van der Waals surface area contributed by atoms with Crippen molar-refractivity contribution in [2.45, 2.75) is 12.8 Å². The van der Waals surface area contributed by atoms with Crippen LogP contribution in [0.3, 0.4) is 0 Å². The summed E-state index contributed by atoms with van der Waals surface area (Å²) < 4.78 is 4.83. The normalized spacial score (nSPS) is 10.2. The fourth-order valence-electron chi connectivity index (χ4n) is 1.39. The molecule has 0 saturated carbocycles. The summed E-state index contributed by atoms with van der Waals surface area (Å²) >= 11 is 0. The van der Waals surface area contributed by atoms with Gasteiger partial charge in [0.25, 0.3) is 5.91 Å². The van der Waals surface area contributed by atoms with Crippen LogP contribution in [0, 0.1) is 0 Å². The molecule has 2 rings (SSSR count). The molecule has 0 spiro atoms. The number of amides is 1. The smallest absolute Gasteiger partial charge is 0.254 e. The molecule has 0 unspecified atom stereocenters. The molecule has 0 aliphatic carbocycles. The van der Waals surface area contributed by atoms with Crippen LogP contribution < -0.4 is 5.32 Å². The minimum atomic E-state index is -0.104. The minimum absolute atomic E-state index is 0.104. The Morgan fingerprint density at radius 2 is 2.50 bits per heavy atom. The molecule has 2 aromatic rings. The number of hydrogen-bond acceptors (Lipinski definition) is 3. The van der Waals surface area contributed by atoms with E-state index in [4.69, 9.17) is 4.42 Å². The Kier molecular flexibility index (Phi) is 3.38. The van der Waals surface area contributed by atoms with Gasteiger partial charge in [-0.2, -0.15) is 0 Å². The highest BCUT2D eigenvalue weighted by atomic mass is 16.3. The third-order valence-electron chi connectivity index (χ3n) is 2.21. The van der Waals surface area contributed by atoms with Crippen molar-refractivity contribution in [2.75, 3.05) is 6.54 Å². The molecule has 0 aliphatic heterocycles. The van der Waals surface area contributed by atoms with Crippen LogP contribution in [0.4, 0.5) is 0 Å². The predicted octanol–water partition coefficient (Wildman–Crippen LogP) is 1.37. The lowest BCUT2D eigenvalue weighted by molar-refractivity contribution is 0.0952. The lowest BCUT2D eigenvalue weighted by Gasteiger charge is -2.01. The predicted molar refractivity (Wildman–Crippen MR) is 57.9 cm³/mol. The van der Waals surface area contributed by atoms with Gasteiger partial charge >= 0.3 is 0 Å². The van der Waals surface area contributed by atoms with E-state index in [-0.39, 0.29) is 5.91 Å². The van der Waals surface area contributed by atoms with E-state index in [1.807, 2.05) is 0 Å². The molecule has 0 radical (unpaired) electrons. The summed E-state index contributed by atoms with van der Waals surface area (Å²) in [6.07, 6.45) is 8.12. The summed E-state index contributed by atoms with van der Waals surface area (Å²) in [5, 5.41) is 2.81. The largest absolute Gasteiger partial charge is 0.472 e. The zero-order chi connectivity index (χ0) is 11.2. The zero-order valence-electron chi connectivity index (χ0n) is 8.77. The van der Waals surface area contributed by atoms with E-state index in [2.05, 4.69) is 15.3 Å². The summed E-state index contributed by atoms with van der Waals surface area (Å²) in [6, 6.07) is 1.64. The van der Waals surface area contributed by atoms with Crippen molar-refractivity contribution in [1.29, 1.82) is 0 Å². The van der Waals surface area contributed by atoms with E-state index in [1.54, 1.807) is 18.5 Å². The molecule has 1 amide bonds. The standard InChI is InChI=1S/C11H13N3O2/c15-11(9-3-7-16-8-9)14-4-1-2-10-12-5-6-13-10/h3,5-8H,1-2,4H2,(H,12,13)(H,14,15). The molecular weight excluding hydrogens is 206 g/mol. The summed E-state index contributed by atoms with van der Waals surface area (Å²) in [6.45, 7) is 0.630. The molecule has 2 heterocycles. The molecule has 0 atom stereocenters. The lowest BCUT2D eigenvalue weighted by Crippen LogP contribution is -2.24. The molecule has 0 fully saturated rings. The molecule has 0 aliphatic rings. The number of nitrogens with one attached hydrogen (secondary N) is 2. The summed E-state index contributed by atoms with van der Waals surface area (Å²) in [4.78, 5) is 18.6. The van der Waals surface area contributed by atoms with Crippen molar-refractivity contribution in [1.82, 2.24) is 15.3 Å². The van der Waals surface area contributed by atoms with E-state index >= 15 is 0 Å². The third kappa shape index (κ3) is 2.73. The van der Waals surface area contributed by atoms with Gasteiger partial charge in [0.2, 0.25) is 0 Å². The molecule has 5 heteroatoms. The van der Waals surface area contributed by atoms with Crippen LogP contribution in [0.5, 0.6) is 0 Å². The Balaban J connectivity index is 1.67. The average molecular weight is 219 g/mol. The molecule has 0 bridgehead atoms. The average Bonchev–Trinajstić information content (AvgIpc) is 2.96. The van der Waals surface area contributed by atoms with Gasteiger partial charge in [-0.25, -0.2) is 4.98 Å². The van der Waals surface area contributed by atoms with Crippen molar-refractivity contribution < 1.29 is 9.21 Å². The first-order valence-electron chi connectivity index (χ1n) is 5.15. The first-order valence-corrected chi connectivity index (χ1v) is 5.15. The maximum Gasteiger partial charge on any atom is 0.254 e. The fourth-order valence-corrected chi connectivity index (χ4v) is 1.39. The Hall–Kier alpha value is -2.04. The topological polar surface area (TPSA) is 70.9 Å². The number of aromatic nitrogens is 2. The Morgan fingerprint density at radius 1 is 1.56 bits per heavy atom. The van der Waals surface area contributed by atoms with Gasteiger partial charge in [-0.3, -0.25) is 4.79 Å². The van der Waals surface area contributed by atoms with E-state index < -0.39 is 0 Å². The van der Waals surface area contributed by atoms with Crippen molar-refractivity contribution >= 4 is 5.91 Å². The second-order valence-electron chi connectivity index (χ2n) is 3.41. The quantitative estimate of drug-likeness (QED) is 0.746. The van der Waals surface area contributed by atoms with Crippen LogP contribution in [0.25, 0.3) is 0 Å². The second-order valence-corrected chi connectivity index (χ2v) is 3.41. The SMILES string of the molecule is O=C(NCCCc1ncc[nH]1)c1ccoc1. The zero-order valence-corrected chi connectivity index (χ0v) is 8.77. The molecular formula is C11H13N3O2. The van der Waals surface area contributed by atoms with E-state index in [1.165, 1.54) is 12.5 Å². The first-order chi connectivity index (χ1) is 7.86. The van der Waals surface area contributed by atoms with Crippen molar-refractivity contribution in [3.8, 4) is 0 Å². The van der Waals surface area contributed by atoms with Crippen molar-refractivity contribution in [3.63, 3.8) is 0 Å². The maximum absolute atomic E-state index is 11.5. The molecule has 84 valence electrons. The summed E-state index contributed by atoms with van der Waals surface area (Å²) in [7, 11) is 0. The Morgan fingerprint density at radius 3 is 3.19 bits per heavy atom. The molecule has 5 nitrogen and oxygen atoms in total. The molecule has 0 saturated heterocycles. The van der Waals surface area contributed by atoms with Gasteiger partial charge in [0.1, 0.15) is 12.1 Å². The lowest BCUT2D eigenvalue weighted by atomic mass is 10.3. The van der Waals surface area contributed by atoms with Crippen molar-refractivity contribution in [3.05, 3.63) is 42.4 Å². The number of imidazole rings is 1. The highest BCUT2D eigenvalue weighted by Gasteiger charge is 2.05. The number of carbonyl (C=O) groups is 1. The van der Waals surface area contributed by atoms with Gasteiger partial charge < -0.3 is 14.7 Å². The van der Waals surface area contributed by atoms with Gasteiger partial charge in [0.15, 0.2) is 0 Å². The number of nitrogens with zero attached hydrogens (tertiary/aromatic N) is 1. The fraction of sp³-hybridized carbons (Fsp3) is 0.273. The third-order valence-corrected chi connectivity index (χ3v) is 2.21. The van der Waals surface area contributed by atoms with E-state index in [0.717, 1.165) is 18.7 Å². The van der Waals surface area contributed by atoms with Gasteiger partial charge in [0.05, 0.1) is 11.8 Å². The number of rotatable bonds is 5. The number of furan rings is 1. The van der Waals surface area contributed by atoms with Crippen LogP contribution in [0.15, 0.2) is 35.4 Å². The Bertz CT molecular complexity index is 420.